The fourth-order valence-corrected chi connectivity index (χ4v) is 4.04. The van der Waals surface area contributed by atoms with Crippen LogP contribution in [-0.4, -0.2) is 44.6 Å². The lowest BCUT2D eigenvalue weighted by Gasteiger charge is -2.34. The first-order valence-electron chi connectivity index (χ1n) is 10.5. The molecule has 1 amide bonds. The van der Waals surface area contributed by atoms with E-state index in [1.165, 1.54) is 6.33 Å². The van der Waals surface area contributed by atoms with Gasteiger partial charge in [0.1, 0.15) is 12.1 Å². The number of nitrogens with zero attached hydrogens (tertiary/aromatic N) is 5. The molecule has 7 nitrogen and oxygen atoms in total. The first-order chi connectivity index (χ1) is 14.2. The highest BCUT2D eigenvalue weighted by Gasteiger charge is 2.28. The van der Waals surface area contributed by atoms with Crippen LogP contribution in [0.5, 0.6) is 0 Å². The predicted octanol–water partition coefficient (Wildman–Crippen LogP) is 3.31. The highest BCUT2D eigenvalue weighted by Crippen LogP contribution is 2.27. The number of anilines is 1. The van der Waals surface area contributed by atoms with Gasteiger partial charge in [0.25, 0.3) is 5.78 Å². The topological polar surface area (TPSA) is 75.4 Å². The smallest absolute Gasteiger partial charge is 0.254 e. The zero-order chi connectivity index (χ0) is 20.2. The van der Waals surface area contributed by atoms with Crippen LogP contribution in [0.1, 0.15) is 39.5 Å². The summed E-state index contributed by atoms with van der Waals surface area (Å²) in [5.74, 6) is 1.65. The van der Waals surface area contributed by atoms with Crippen molar-refractivity contribution in [2.24, 2.45) is 5.92 Å². The molecule has 1 aromatic carbocycles. The first kappa shape index (κ1) is 19.4. The minimum atomic E-state index is -0.0185. The van der Waals surface area contributed by atoms with Crippen LogP contribution in [0.2, 0.25) is 0 Å². The number of carbonyl (C=O) groups is 1. The number of aromatic nitrogens is 4. The third kappa shape index (κ3) is 4.23. The summed E-state index contributed by atoms with van der Waals surface area (Å²) < 4.78 is 1.77. The van der Waals surface area contributed by atoms with E-state index in [0.717, 1.165) is 49.3 Å². The molecule has 3 aromatic rings. The van der Waals surface area contributed by atoms with Gasteiger partial charge in [0.2, 0.25) is 5.91 Å². The number of carbonyl (C=O) groups excluding carboxylic acids is 1. The Morgan fingerprint density at radius 3 is 2.93 bits per heavy atom. The second kappa shape index (κ2) is 8.59. The van der Waals surface area contributed by atoms with E-state index in [4.69, 9.17) is 0 Å². The van der Waals surface area contributed by atoms with Gasteiger partial charge < -0.3 is 10.2 Å². The Kier molecular flexibility index (Phi) is 5.74. The van der Waals surface area contributed by atoms with Crippen LogP contribution in [0.25, 0.3) is 17.0 Å². The molecule has 3 heterocycles. The Labute approximate surface area is 171 Å². The van der Waals surface area contributed by atoms with Gasteiger partial charge >= 0.3 is 0 Å². The Morgan fingerprint density at radius 2 is 2.14 bits per heavy atom. The number of hydrogen-bond acceptors (Lipinski definition) is 5. The van der Waals surface area contributed by atoms with E-state index in [1.807, 2.05) is 30.3 Å². The van der Waals surface area contributed by atoms with E-state index in [9.17, 15) is 4.79 Å². The van der Waals surface area contributed by atoms with Gasteiger partial charge in [0.15, 0.2) is 0 Å². The van der Waals surface area contributed by atoms with Crippen LogP contribution in [0.4, 0.5) is 5.82 Å². The molecule has 1 aliphatic rings. The number of nitrogens with one attached hydrogen (secondary N) is 1. The summed E-state index contributed by atoms with van der Waals surface area (Å²) in [5.41, 5.74) is 1.91. The molecule has 2 aromatic heterocycles. The Balaban J connectivity index is 1.60. The Morgan fingerprint density at radius 1 is 1.31 bits per heavy atom. The summed E-state index contributed by atoms with van der Waals surface area (Å²) >= 11 is 0. The summed E-state index contributed by atoms with van der Waals surface area (Å²) in [6, 6.07) is 12.4. The first-order valence-corrected chi connectivity index (χ1v) is 10.5. The maximum atomic E-state index is 12.8. The van der Waals surface area contributed by atoms with Crippen LogP contribution in [-0.2, 0) is 4.79 Å². The van der Waals surface area contributed by atoms with Crippen LogP contribution in [0, 0.1) is 5.92 Å². The lowest BCUT2D eigenvalue weighted by Crippen LogP contribution is -2.45. The monoisotopic (exact) mass is 392 g/mol. The largest absolute Gasteiger partial charge is 0.356 e. The minimum Gasteiger partial charge on any atom is -0.356 e. The molecule has 0 bridgehead atoms. The highest BCUT2D eigenvalue weighted by atomic mass is 16.2. The Hall–Kier alpha value is -2.96. The molecule has 4 rings (SSSR count). The van der Waals surface area contributed by atoms with Crippen molar-refractivity contribution in [3.8, 4) is 11.3 Å². The third-order valence-corrected chi connectivity index (χ3v) is 5.53. The number of hydrogen-bond donors (Lipinski definition) is 1. The summed E-state index contributed by atoms with van der Waals surface area (Å²) in [7, 11) is 0. The molecular weight excluding hydrogens is 364 g/mol. The zero-order valence-corrected chi connectivity index (χ0v) is 17.1. The number of amides is 1. The van der Waals surface area contributed by atoms with Crippen molar-refractivity contribution in [3.63, 3.8) is 0 Å². The molecule has 7 heteroatoms. The van der Waals surface area contributed by atoms with Gasteiger partial charge in [-0.2, -0.15) is 14.6 Å². The van der Waals surface area contributed by atoms with Gasteiger partial charge in [-0.05, 0) is 26.2 Å². The predicted molar refractivity (Wildman–Crippen MR) is 114 cm³/mol. The second-order valence-corrected chi connectivity index (χ2v) is 7.82. The van der Waals surface area contributed by atoms with Gasteiger partial charge in [-0.3, -0.25) is 4.79 Å². The quantitative estimate of drug-likeness (QED) is 0.697. The van der Waals surface area contributed by atoms with E-state index in [0.29, 0.717) is 12.3 Å². The average Bonchev–Trinajstić information content (AvgIpc) is 3.22. The van der Waals surface area contributed by atoms with Crippen molar-refractivity contribution in [1.82, 2.24) is 24.9 Å². The van der Waals surface area contributed by atoms with Gasteiger partial charge in [0.05, 0.1) is 11.6 Å². The van der Waals surface area contributed by atoms with Gasteiger partial charge in [-0.1, -0.05) is 43.7 Å². The van der Waals surface area contributed by atoms with Crippen molar-refractivity contribution >= 4 is 17.5 Å². The van der Waals surface area contributed by atoms with E-state index >= 15 is 0 Å². The van der Waals surface area contributed by atoms with Crippen molar-refractivity contribution in [3.05, 3.63) is 42.7 Å². The van der Waals surface area contributed by atoms with Crippen molar-refractivity contribution < 1.29 is 4.79 Å². The lowest BCUT2D eigenvalue weighted by molar-refractivity contribution is -0.125. The molecular formula is C22H28N6O. The number of rotatable bonds is 6. The maximum absolute atomic E-state index is 12.8. The molecule has 1 fully saturated rings. The molecule has 0 radical (unpaired) electrons. The minimum absolute atomic E-state index is 0.0185. The molecule has 1 N–H and O–H groups in total. The molecule has 0 aliphatic carbocycles. The van der Waals surface area contributed by atoms with Crippen LogP contribution in [0.3, 0.4) is 0 Å². The summed E-state index contributed by atoms with van der Waals surface area (Å²) in [6.45, 7) is 5.79. The molecule has 29 heavy (non-hydrogen) atoms. The standard InChI is InChI=1S/C22H28N6O/c1-3-8-16(2)25-21(29)18-11-7-12-27(14-18)20-13-19(17-9-5-4-6-10-17)26-22-23-15-24-28(20)22/h4-6,9-10,13,15-16,18H,3,7-8,11-12,14H2,1-2H3,(H,25,29). The lowest BCUT2D eigenvalue weighted by atomic mass is 9.96. The normalized spacial score (nSPS) is 18.0. The van der Waals surface area contributed by atoms with E-state index < -0.39 is 0 Å². The fourth-order valence-electron chi connectivity index (χ4n) is 4.04. The Bertz CT molecular complexity index is 970. The zero-order valence-electron chi connectivity index (χ0n) is 17.1. The molecule has 0 spiro atoms. The number of piperidine rings is 1. The van der Waals surface area contributed by atoms with E-state index in [-0.39, 0.29) is 17.9 Å². The fraction of sp³-hybridized carbons (Fsp3) is 0.455. The molecule has 1 saturated heterocycles. The van der Waals surface area contributed by atoms with Crippen molar-refractivity contribution in [2.45, 2.75) is 45.6 Å². The summed E-state index contributed by atoms with van der Waals surface area (Å²) in [5, 5.41) is 7.55. The van der Waals surface area contributed by atoms with Crippen molar-refractivity contribution in [2.75, 3.05) is 18.0 Å². The number of benzene rings is 1. The number of fused-ring (bicyclic) bond motifs is 1. The highest BCUT2D eigenvalue weighted by molar-refractivity contribution is 5.80. The second-order valence-electron chi connectivity index (χ2n) is 7.82. The molecule has 2 atom stereocenters. The van der Waals surface area contributed by atoms with Crippen molar-refractivity contribution in [1.29, 1.82) is 0 Å². The van der Waals surface area contributed by atoms with Gasteiger partial charge in [-0.25, -0.2) is 4.98 Å². The summed E-state index contributed by atoms with van der Waals surface area (Å²) in [6.07, 6.45) is 5.49. The maximum Gasteiger partial charge on any atom is 0.254 e. The average molecular weight is 393 g/mol. The molecule has 0 saturated carbocycles. The third-order valence-electron chi connectivity index (χ3n) is 5.53. The molecule has 152 valence electrons. The SMILES string of the molecule is CCCC(C)NC(=O)C1CCCN(c2cc(-c3ccccc3)nc3ncnn23)C1. The molecule has 2 unspecified atom stereocenters. The van der Waals surface area contributed by atoms with Crippen LogP contribution < -0.4 is 10.2 Å². The van der Waals surface area contributed by atoms with Gasteiger partial charge in [0, 0.05) is 30.8 Å². The van der Waals surface area contributed by atoms with E-state index in [2.05, 4.69) is 45.2 Å². The van der Waals surface area contributed by atoms with Gasteiger partial charge in [-0.15, -0.1) is 0 Å². The summed E-state index contributed by atoms with van der Waals surface area (Å²) in [4.78, 5) is 24.0. The van der Waals surface area contributed by atoms with E-state index in [1.54, 1.807) is 4.52 Å². The van der Waals surface area contributed by atoms with Crippen LogP contribution >= 0.6 is 0 Å². The molecule has 1 aliphatic heterocycles. The van der Waals surface area contributed by atoms with Crippen LogP contribution in [0.15, 0.2) is 42.7 Å².